The van der Waals surface area contributed by atoms with E-state index in [1.165, 1.54) is 12.1 Å². The second kappa shape index (κ2) is 6.87. The number of nitrogens with zero attached hydrogens (tertiary/aromatic N) is 2. The Balaban J connectivity index is 2.00. The molecule has 1 fully saturated rings. The Hall–Kier alpha value is -1.95. The molecular weight excluding hydrogens is 284 g/mol. The predicted octanol–water partition coefficient (Wildman–Crippen LogP) is 1.98. The molecule has 1 aromatic heterocycles. The highest BCUT2D eigenvalue weighted by Crippen LogP contribution is 2.17. The number of ether oxygens (including phenoxy) is 1. The number of carbonyl (C=O) groups excluding carboxylic acids is 1. The Labute approximate surface area is 130 Å². The fourth-order valence-corrected chi connectivity index (χ4v) is 2.45. The quantitative estimate of drug-likeness (QED) is 0.899. The number of pyridine rings is 1. The molecule has 2 rings (SSSR count). The Morgan fingerprint density at radius 2 is 2.18 bits per heavy atom. The lowest BCUT2D eigenvalue weighted by Crippen LogP contribution is -2.31. The summed E-state index contributed by atoms with van der Waals surface area (Å²) < 4.78 is 5.76. The van der Waals surface area contributed by atoms with Crippen LogP contribution in [0, 0.1) is 12.8 Å². The molecule has 0 aliphatic carbocycles. The maximum atomic E-state index is 12.4. The predicted molar refractivity (Wildman–Crippen MR) is 81.0 cm³/mol. The highest BCUT2D eigenvalue weighted by atomic mass is 16.5. The fraction of sp³-hybridized carbons (Fsp3) is 0.562. The van der Waals surface area contributed by atoms with Crippen LogP contribution in [0.25, 0.3) is 0 Å². The molecule has 1 unspecified atom stereocenters. The number of hydrogen-bond donors (Lipinski definition) is 1. The Morgan fingerprint density at radius 3 is 2.77 bits per heavy atom. The van der Waals surface area contributed by atoms with E-state index in [4.69, 9.17) is 9.84 Å². The average Bonchev–Trinajstić information content (AvgIpc) is 2.92. The van der Waals surface area contributed by atoms with Crippen LogP contribution in [0.5, 0.6) is 0 Å². The van der Waals surface area contributed by atoms with Gasteiger partial charge in [0.15, 0.2) is 0 Å². The lowest BCUT2D eigenvalue weighted by atomic mass is 10.2. The molecular formula is C16H22N2O4. The first kappa shape index (κ1) is 16.4. The molecule has 1 atom stereocenters. The summed E-state index contributed by atoms with van der Waals surface area (Å²) in [6, 6.07) is 2.90. The average molecular weight is 306 g/mol. The van der Waals surface area contributed by atoms with Gasteiger partial charge in [0.1, 0.15) is 5.69 Å². The molecule has 1 N–H and O–H groups in total. The van der Waals surface area contributed by atoms with Gasteiger partial charge in [0, 0.05) is 19.7 Å². The summed E-state index contributed by atoms with van der Waals surface area (Å²) in [5.41, 5.74) is 0.758. The molecule has 120 valence electrons. The van der Waals surface area contributed by atoms with Crippen molar-refractivity contribution in [3.8, 4) is 0 Å². The molecule has 6 heteroatoms. The minimum Gasteiger partial charge on any atom is -0.478 e. The summed E-state index contributed by atoms with van der Waals surface area (Å²) in [7, 11) is 0. The molecule has 0 radical (unpaired) electrons. The maximum Gasteiger partial charge on any atom is 0.337 e. The Bertz CT molecular complexity index is 571. The Morgan fingerprint density at radius 1 is 1.45 bits per heavy atom. The van der Waals surface area contributed by atoms with Gasteiger partial charge in [0.05, 0.1) is 17.4 Å². The van der Waals surface area contributed by atoms with Crippen molar-refractivity contribution in [1.82, 2.24) is 9.88 Å². The van der Waals surface area contributed by atoms with Crippen LogP contribution < -0.4 is 0 Å². The molecule has 0 saturated carbocycles. The van der Waals surface area contributed by atoms with Gasteiger partial charge in [-0.25, -0.2) is 9.78 Å². The van der Waals surface area contributed by atoms with Gasteiger partial charge in [0.2, 0.25) is 0 Å². The third kappa shape index (κ3) is 3.82. The zero-order valence-electron chi connectivity index (χ0n) is 13.2. The van der Waals surface area contributed by atoms with Crippen molar-refractivity contribution in [2.45, 2.75) is 33.3 Å². The van der Waals surface area contributed by atoms with E-state index in [1.807, 2.05) is 0 Å². The number of aryl methyl sites for hydroxylation is 1. The van der Waals surface area contributed by atoms with E-state index in [9.17, 15) is 9.59 Å². The maximum absolute atomic E-state index is 12.4. The lowest BCUT2D eigenvalue weighted by molar-refractivity contribution is 0.0395. The lowest BCUT2D eigenvalue weighted by Gasteiger charge is -2.17. The van der Waals surface area contributed by atoms with E-state index in [0.29, 0.717) is 31.3 Å². The molecule has 1 saturated heterocycles. The van der Waals surface area contributed by atoms with Gasteiger partial charge >= 0.3 is 5.97 Å². The van der Waals surface area contributed by atoms with Gasteiger partial charge in [-0.2, -0.15) is 0 Å². The van der Waals surface area contributed by atoms with Crippen LogP contribution in [0.4, 0.5) is 0 Å². The molecule has 0 bridgehead atoms. The third-order valence-corrected chi connectivity index (χ3v) is 3.63. The SMILES string of the molecule is Cc1nc(C(=O)N2CCC(OCC(C)C)C2)ccc1C(=O)O. The van der Waals surface area contributed by atoms with Gasteiger partial charge in [0.25, 0.3) is 5.91 Å². The van der Waals surface area contributed by atoms with Crippen molar-refractivity contribution in [2.24, 2.45) is 5.92 Å². The first-order chi connectivity index (χ1) is 10.4. The number of rotatable bonds is 5. The highest BCUT2D eigenvalue weighted by Gasteiger charge is 2.28. The van der Waals surface area contributed by atoms with Crippen molar-refractivity contribution in [1.29, 1.82) is 0 Å². The monoisotopic (exact) mass is 306 g/mol. The summed E-state index contributed by atoms with van der Waals surface area (Å²) in [4.78, 5) is 29.2. The topological polar surface area (TPSA) is 79.7 Å². The normalized spacial score (nSPS) is 18.0. The smallest absolute Gasteiger partial charge is 0.337 e. The number of carboxylic acids is 1. The van der Waals surface area contributed by atoms with Gasteiger partial charge in [-0.15, -0.1) is 0 Å². The summed E-state index contributed by atoms with van der Waals surface area (Å²) >= 11 is 0. The van der Waals surface area contributed by atoms with Gasteiger partial charge in [-0.05, 0) is 31.4 Å². The summed E-state index contributed by atoms with van der Waals surface area (Å²) in [6.45, 7) is 7.68. The zero-order valence-corrected chi connectivity index (χ0v) is 13.2. The van der Waals surface area contributed by atoms with Crippen LogP contribution in [-0.2, 0) is 4.74 Å². The second-order valence-corrected chi connectivity index (χ2v) is 6.02. The first-order valence-electron chi connectivity index (χ1n) is 7.50. The number of aromatic nitrogens is 1. The minimum absolute atomic E-state index is 0.0748. The van der Waals surface area contributed by atoms with E-state index < -0.39 is 5.97 Å². The van der Waals surface area contributed by atoms with E-state index in [0.717, 1.165) is 6.42 Å². The highest BCUT2D eigenvalue weighted by molar-refractivity contribution is 5.94. The second-order valence-electron chi connectivity index (χ2n) is 6.02. The summed E-state index contributed by atoms with van der Waals surface area (Å²) in [5.74, 6) is -0.736. The number of carbonyl (C=O) groups is 2. The number of carboxylic acid groups (broad SMARTS) is 1. The van der Waals surface area contributed by atoms with Crippen LogP contribution in [0.15, 0.2) is 12.1 Å². The van der Waals surface area contributed by atoms with Crippen molar-refractivity contribution < 1.29 is 19.4 Å². The molecule has 2 heterocycles. The third-order valence-electron chi connectivity index (χ3n) is 3.63. The molecule has 1 aromatic rings. The van der Waals surface area contributed by atoms with Crippen LogP contribution >= 0.6 is 0 Å². The summed E-state index contributed by atoms with van der Waals surface area (Å²) in [6.07, 6.45) is 0.899. The van der Waals surface area contributed by atoms with Gasteiger partial charge in [-0.1, -0.05) is 13.8 Å². The molecule has 0 aromatic carbocycles. The van der Waals surface area contributed by atoms with Crippen LogP contribution in [-0.4, -0.2) is 52.7 Å². The van der Waals surface area contributed by atoms with Crippen LogP contribution in [0.2, 0.25) is 0 Å². The van der Waals surface area contributed by atoms with Gasteiger partial charge in [-0.3, -0.25) is 4.79 Å². The van der Waals surface area contributed by atoms with Crippen LogP contribution in [0.1, 0.15) is 46.8 Å². The number of amides is 1. The zero-order chi connectivity index (χ0) is 16.3. The van der Waals surface area contributed by atoms with Crippen molar-refractivity contribution in [3.63, 3.8) is 0 Å². The molecule has 6 nitrogen and oxygen atoms in total. The minimum atomic E-state index is -1.03. The van der Waals surface area contributed by atoms with E-state index >= 15 is 0 Å². The molecule has 22 heavy (non-hydrogen) atoms. The fourth-order valence-electron chi connectivity index (χ4n) is 2.45. The van der Waals surface area contributed by atoms with Crippen LogP contribution in [0.3, 0.4) is 0 Å². The van der Waals surface area contributed by atoms with Crippen molar-refractivity contribution in [3.05, 3.63) is 29.1 Å². The first-order valence-corrected chi connectivity index (χ1v) is 7.50. The van der Waals surface area contributed by atoms with Gasteiger partial charge < -0.3 is 14.7 Å². The number of likely N-dealkylation sites (tertiary alicyclic amines) is 1. The molecule has 1 amide bonds. The van der Waals surface area contributed by atoms with E-state index in [1.54, 1.807) is 11.8 Å². The summed E-state index contributed by atoms with van der Waals surface area (Å²) in [5, 5.41) is 8.99. The van der Waals surface area contributed by atoms with Crippen molar-refractivity contribution >= 4 is 11.9 Å². The molecule has 1 aliphatic rings. The molecule has 1 aliphatic heterocycles. The van der Waals surface area contributed by atoms with E-state index in [2.05, 4.69) is 18.8 Å². The van der Waals surface area contributed by atoms with Crippen molar-refractivity contribution in [2.75, 3.05) is 19.7 Å². The largest absolute Gasteiger partial charge is 0.478 e. The number of hydrogen-bond acceptors (Lipinski definition) is 4. The molecule has 0 spiro atoms. The standard InChI is InChI=1S/C16H22N2O4/c1-10(2)9-22-12-6-7-18(8-12)15(19)14-5-4-13(16(20)21)11(3)17-14/h4-5,10,12H,6-9H2,1-3H3,(H,20,21). The number of aromatic carboxylic acids is 1. The van der Waals surface area contributed by atoms with E-state index in [-0.39, 0.29) is 23.3 Å². The Kier molecular flexibility index (Phi) is 5.13.